The molecule has 4 heteroatoms. The Labute approximate surface area is 107 Å². The molecule has 0 aromatic carbocycles. The van der Waals surface area contributed by atoms with E-state index in [0.717, 1.165) is 31.0 Å². The van der Waals surface area contributed by atoms with E-state index in [2.05, 4.69) is 34.9 Å². The van der Waals surface area contributed by atoms with Crippen LogP contribution in [0.3, 0.4) is 0 Å². The summed E-state index contributed by atoms with van der Waals surface area (Å²) < 4.78 is 2.02. The van der Waals surface area contributed by atoms with Crippen molar-refractivity contribution in [3.63, 3.8) is 0 Å². The van der Waals surface area contributed by atoms with E-state index in [1.54, 1.807) is 0 Å². The van der Waals surface area contributed by atoms with Crippen LogP contribution in [0.25, 0.3) is 0 Å². The molecular formula is C14H18N4. The number of nitrogens with zero attached hydrogens (tertiary/aromatic N) is 4. The van der Waals surface area contributed by atoms with Gasteiger partial charge in [-0.1, -0.05) is 0 Å². The van der Waals surface area contributed by atoms with E-state index in [-0.39, 0.29) is 0 Å². The molecule has 2 aromatic rings. The average molecular weight is 242 g/mol. The highest BCUT2D eigenvalue weighted by molar-refractivity contribution is 5.45. The molecule has 18 heavy (non-hydrogen) atoms. The maximum atomic E-state index is 4.51. The highest BCUT2D eigenvalue weighted by Gasteiger charge is 2.22. The highest BCUT2D eigenvalue weighted by Crippen LogP contribution is 2.25. The van der Waals surface area contributed by atoms with Crippen molar-refractivity contribution >= 4 is 5.82 Å². The van der Waals surface area contributed by atoms with Gasteiger partial charge in [-0.2, -0.15) is 5.10 Å². The molecule has 0 N–H and O–H groups in total. The van der Waals surface area contributed by atoms with Crippen LogP contribution in [0, 0.1) is 13.8 Å². The second-order valence-electron chi connectivity index (χ2n) is 5.00. The van der Waals surface area contributed by atoms with Crippen LogP contribution in [-0.2, 0) is 20.0 Å². The standard InChI is InChI=1S/C14H18N4/c1-10-4-6-15-14(8-10)18-7-5-13-12(9-18)11(2)16-17(13)3/h4,6,8H,5,7,9H2,1-3H3. The average Bonchev–Trinajstić information content (AvgIpc) is 2.65. The first-order valence-corrected chi connectivity index (χ1v) is 6.34. The number of hydrogen-bond acceptors (Lipinski definition) is 3. The van der Waals surface area contributed by atoms with Gasteiger partial charge in [0.2, 0.25) is 0 Å². The summed E-state index contributed by atoms with van der Waals surface area (Å²) in [6, 6.07) is 4.19. The number of fused-ring (bicyclic) bond motifs is 1. The van der Waals surface area contributed by atoms with Gasteiger partial charge in [0.1, 0.15) is 5.82 Å². The van der Waals surface area contributed by atoms with Crippen molar-refractivity contribution in [1.29, 1.82) is 0 Å². The fourth-order valence-corrected chi connectivity index (χ4v) is 2.67. The lowest BCUT2D eigenvalue weighted by Crippen LogP contribution is -2.31. The minimum Gasteiger partial charge on any atom is -0.352 e. The molecular weight excluding hydrogens is 224 g/mol. The van der Waals surface area contributed by atoms with E-state index < -0.39 is 0 Å². The molecule has 4 nitrogen and oxygen atoms in total. The molecule has 3 rings (SSSR count). The maximum Gasteiger partial charge on any atom is 0.129 e. The van der Waals surface area contributed by atoms with Crippen LogP contribution in [0.15, 0.2) is 18.3 Å². The molecule has 1 aliphatic rings. The fourth-order valence-electron chi connectivity index (χ4n) is 2.67. The Morgan fingerprint density at radius 1 is 1.28 bits per heavy atom. The zero-order valence-corrected chi connectivity index (χ0v) is 11.1. The van der Waals surface area contributed by atoms with Crippen molar-refractivity contribution in [3.8, 4) is 0 Å². The van der Waals surface area contributed by atoms with Gasteiger partial charge in [-0.05, 0) is 31.5 Å². The van der Waals surface area contributed by atoms with Gasteiger partial charge in [0.15, 0.2) is 0 Å². The Hall–Kier alpha value is -1.84. The third-order valence-electron chi connectivity index (χ3n) is 3.67. The third kappa shape index (κ3) is 1.78. The molecule has 0 aliphatic carbocycles. The van der Waals surface area contributed by atoms with Gasteiger partial charge in [-0.25, -0.2) is 4.98 Å². The van der Waals surface area contributed by atoms with Crippen LogP contribution >= 0.6 is 0 Å². The SMILES string of the molecule is Cc1ccnc(N2CCc3c(c(C)nn3C)C2)c1. The van der Waals surface area contributed by atoms with Crippen molar-refractivity contribution in [2.45, 2.75) is 26.8 Å². The van der Waals surface area contributed by atoms with Crippen molar-refractivity contribution in [2.24, 2.45) is 7.05 Å². The molecule has 2 aromatic heterocycles. The Bertz CT molecular complexity index is 585. The van der Waals surface area contributed by atoms with Crippen LogP contribution in [0.4, 0.5) is 5.82 Å². The van der Waals surface area contributed by atoms with Crippen LogP contribution < -0.4 is 4.90 Å². The molecule has 0 saturated carbocycles. The van der Waals surface area contributed by atoms with E-state index in [1.165, 1.54) is 16.8 Å². The van der Waals surface area contributed by atoms with Gasteiger partial charge in [-0.15, -0.1) is 0 Å². The Balaban J connectivity index is 1.93. The first kappa shape index (κ1) is 11.3. The molecule has 0 unspecified atom stereocenters. The van der Waals surface area contributed by atoms with Gasteiger partial charge >= 0.3 is 0 Å². The summed E-state index contributed by atoms with van der Waals surface area (Å²) in [6.45, 7) is 6.13. The Morgan fingerprint density at radius 3 is 2.89 bits per heavy atom. The number of aryl methyl sites for hydroxylation is 3. The first-order chi connectivity index (χ1) is 8.65. The third-order valence-corrected chi connectivity index (χ3v) is 3.67. The summed E-state index contributed by atoms with van der Waals surface area (Å²) in [5.74, 6) is 1.07. The van der Waals surface area contributed by atoms with Gasteiger partial charge in [0.25, 0.3) is 0 Å². The number of pyridine rings is 1. The van der Waals surface area contributed by atoms with Crippen molar-refractivity contribution < 1.29 is 0 Å². The van der Waals surface area contributed by atoms with E-state index in [4.69, 9.17) is 0 Å². The van der Waals surface area contributed by atoms with Crippen LogP contribution in [0.2, 0.25) is 0 Å². The first-order valence-electron chi connectivity index (χ1n) is 6.34. The number of aromatic nitrogens is 3. The Morgan fingerprint density at radius 2 is 2.11 bits per heavy atom. The van der Waals surface area contributed by atoms with Crippen molar-refractivity contribution in [1.82, 2.24) is 14.8 Å². The summed E-state index contributed by atoms with van der Waals surface area (Å²) in [7, 11) is 2.03. The number of anilines is 1. The second-order valence-corrected chi connectivity index (χ2v) is 5.00. The minimum atomic E-state index is 0.922. The molecule has 94 valence electrons. The molecule has 0 amide bonds. The lowest BCUT2D eigenvalue weighted by molar-refractivity contribution is 0.651. The summed E-state index contributed by atoms with van der Waals surface area (Å²) in [5, 5.41) is 4.51. The predicted octanol–water partition coefficient (Wildman–Crippen LogP) is 1.99. The van der Waals surface area contributed by atoms with Crippen molar-refractivity contribution in [2.75, 3.05) is 11.4 Å². The lowest BCUT2D eigenvalue weighted by atomic mass is 10.1. The maximum absolute atomic E-state index is 4.51. The lowest BCUT2D eigenvalue weighted by Gasteiger charge is -2.28. The van der Waals surface area contributed by atoms with Crippen LogP contribution in [-0.4, -0.2) is 21.3 Å². The largest absolute Gasteiger partial charge is 0.352 e. The molecule has 0 atom stereocenters. The summed E-state index contributed by atoms with van der Waals surface area (Å²) in [5.41, 5.74) is 5.14. The van der Waals surface area contributed by atoms with Gasteiger partial charge < -0.3 is 4.90 Å². The second kappa shape index (κ2) is 4.12. The highest BCUT2D eigenvalue weighted by atomic mass is 15.3. The number of rotatable bonds is 1. The normalized spacial score (nSPS) is 14.7. The van der Waals surface area contributed by atoms with E-state index in [9.17, 15) is 0 Å². The molecule has 0 spiro atoms. The van der Waals surface area contributed by atoms with E-state index in [1.807, 2.05) is 24.0 Å². The monoisotopic (exact) mass is 242 g/mol. The minimum absolute atomic E-state index is 0.922. The summed E-state index contributed by atoms with van der Waals surface area (Å²) >= 11 is 0. The zero-order chi connectivity index (χ0) is 12.7. The summed E-state index contributed by atoms with van der Waals surface area (Å²) in [6.07, 6.45) is 2.93. The van der Waals surface area contributed by atoms with Gasteiger partial charge in [-0.3, -0.25) is 4.68 Å². The Kier molecular flexibility index (Phi) is 2.58. The molecule has 3 heterocycles. The molecule has 0 saturated heterocycles. The fraction of sp³-hybridized carbons (Fsp3) is 0.429. The molecule has 0 bridgehead atoms. The molecule has 0 radical (unpaired) electrons. The van der Waals surface area contributed by atoms with Gasteiger partial charge in [0, 0.05) is 44.0 Å². The smallest absolute Gasteiger partial charge is 0.129 e. The quantitative estimate of drug-likeness (QED) is 0.767. The zero-order valence-electron chi connectivity index (χ0n) is 11.1. The van der Waals surface area contributed by atoms with Crippen LogP contribution in [0.5, 0.6) is 0 Å². The topological polar surface area (TPSA) is 34.0 Å². The van der Waals surface area contributed by atoms with Crippen molar-refractivity contribution in [3.05, 3.63) is 40.8 Å². The number of hydrogen-bond donors (Lipinski definition) is 0. The van der Waals surface area contributed by atoms with E-state index >= 15 is 0 Å². The van der Waals surface area contributed by atoms with Crippen LogP contribution in [0.1, 0.15) is 22.5 Å². The predicted molar refractivity (Wildman–Crippen MR) is 71.7 cm³/mol. The van der Waals surface area contributed by atoms with Gasteiger partial charge in [0.05, 0.1) is 5.69 Å². The molecule has 1 aliphatic heterocycles. The summed E-state index contributed by atoms with van der Waals surface area (Å²) in [4.78, 5) is 6.81. The molecule has 0 fully saturated rings. The van der Waals surface area contributed by atoms with E-state index in [0.29, 0.717) is 0 Å².